The molecule has 0 N–H and O–H groups in total. The summed E-state index contributed by atoms with van der Waals surface area (Å²) in [7, 11) is 1.58. The molecular formula is C21H17ClN4O3. The summed E-state index contributed by atoms with van der Waals surface area (Å²) in [6.45, 7) is 0.661. The van der Waals surface area contributed by atoms with Gasteiger partial charge < -0.3 is 9.47 Å². The Morgan fingerprint density at radius 3 is 2.52 bits per heavy atom. The number of aromatic nitrogens is 4. The quantitative estimate of drug-likeness (QED) is 0.480. The number of rotatable bonds is 6. The predicted molar refractivity (Wildman–Crippen MR) is 110 cm³/mol. The summed E-state index contributed by atoms with van der Waals surface area (Å²) in [5.74, 6) is 0.600. The van der Waals surface area contributed by atoms with Crippen molar-refractivity contribution in [1.29, 1.82) is 0 Å². The van der Waals surface area contributed by atoms with Crippen LogP contribution in [0, 0.1) is 0 Å². The van der Waals surface area contributed by atoms with Gasteiger partial charge in [0.2, 0.25) is 0 Å². The van der Waals surface area contributed by atoms with E-state index in [0.29, 0.717) is 46.3 Å². The van der Waals surface area contributed by atoms with Crippen molar-refractivity contribution in [1.82, 2.24) is 19.5 Å². The van der Waals surface area contributed by atoms with Gasteiger partial charge in [0.1, 0.15) is 17.0 Å². The summed E-state index contributed by atoms with van der Waals surface area (Å²) in [6.07, 6.45) is 1.54. The average Bonchev–Trinajstić information content (AvgIpc) is 2.74. The molecule has 2 heterocycles. The summed E-state index contributed by atoms with van der Waals surface area (Å²) in [5, 5.41) is 0.584. The maximum absolute atomic E-state index is 13.2. The Hall–Kier alpha value is -3.29. The van der Waals surface area contributed by atoms with E-state index in [1.807, 2.05) is 18.2 Å². The molecule has 0 unspecified atom stereocenters. The number of halogens is 1. The monoisotopic (exact) mass is 408 g/mol. The van der Waals surface area contributed by atoms with Crippen LogP contribution in [0.2, 0.25) is 5.02 Å². The molecule has 2 aromatic carbocycles. The molecule has 0 atom stereocenters. The van der Waals surface area contributed by atoms with E-state index < -0.39 is 0 Å². The van der Waals surface area contributed by atoms with Crippen molar-refractivity contribution >= 4 is 22.8 Å². The number of para-hydroxylation sites is 1. The Bertz CT molecular complexity index is 1190. The molecule has 0 aliphatic rings. The number of fused-ring (bicyclic) bond motifs is 1. The molecule has 7 nitrogen and oxygen atoms in total. The molecule has 2 aromatic heterocycles. The number of hydrogen-bond acceptors (Lipinski definition) is 6. The minimum Gasteiger partial charge on any atom is -0.424 e. The van der Waals surface area contributed by atoms with Gasteiger partial charge in [0.25, 0.3) is 5.56 Å². The third-order valence-corrected chi connectivity index (χ3v) is 4.50. The van der Waals surface area contributed by atoms with Crippen molar-refractivity contribution in [3.63, 3.8) is 0 Å². The van der Waals surface area contributed by atoms with Crippen LogP contribution in [-0.2, 0) is 11.3 Å². The first kappa shape index (κ1) is 19.0. The highest BCUT2D eigenvalue weighted by atomic mass is 35.5. The third kappa shape index (κ3) is 4.11. The van der Waals surface area contributed by atoms with Crippen molar-refractivity contribution in [2.45, 2.75) is 6.54 Å². The first-order valence-electron chi connectivity index (χ1n) is 8.91. The second-order valence-corrected chi connectivity index (χ2v) is 6.63. The van der Waals surface area contributed by atoms with E-state index >= 15 is 0 Å². The Morgan fingerprint density at radius 1 is 1.03 bits per heavy atom. The van der Waals surface area contributed by atoms with Gasteiger partial charge in [0, 0.05) is 17.7 Å². The van der Waals surface area contributed by atoms with Gasteiger partial charge >= 0.3 is 6.01 Å². The lowest BCUT2D eigenvalue weighted by molar-refractivity contribution is 0.187. The molecule has 0 radical (unpaired) electrons. The fourth-order valence-corrected chi connectivity index (χ4v) is 2.98. The summed E-state index contributed by atoms with van der Waals surface area (Å²) in [4.78, 5) is 26.3. The predicted octanol–water partition coefficient (Wildman–Crippen LogP) is 3.95. The summed E-state index contributed by atoms with van der Waals surface area (Å²) >= 11 is 5.96. The van der Waals surface area contributed by atoms with Crippen molar-refractivity contribution < 1.29 is 9.47 Å². The molecule has 0 saturated heterocycles. The topological polar surface area (TPSA) is 79.1 Å². The minimum absolute atomic E-state index is 0.135. The van der Waals surface area contributed by atoms with Gasteiger partial charge in [-0.3, -0.25) is 9.36 Å². The van der Waals surface area contributed by atoms with Gasteiger partial charge in [-0.1, -0.05) is 41.9 Å². The van der Waals surface area contributed by atoms with Crippen LogP contribution in [-0.4, -0.2) is 33.2 Å². The maximum atomic E-state index is 13.2. The van der Waals surface area contributed by atoms with E-state index in [1.54, 1.807) is 49.7 Å². The van der Waals surface area contributed by atoms with Gasteiger partial charge in [0.05, 0.1) is 19.3 Å². The molecular weight excluding hydrogens is 392 g/mol. The average molecular weight is 409 g/mol. The largest absolute Gasteiger partial charge is 0.424 e. The first-order valence-corrected chi connectivity index (χ1v) is 9.29. The second-order valence-electron chi connectivity index (χ2n) is 6.19. The smallest absolute Gasteiger partial charge is 0.324 e. The molecule has 0 amide bonds. The Labute approximate surface area is 171 Å². The van der Waals surface area contributed by atoms with Crippen LogP contribution >= 0.6 is 11.6 Å². The molecule has 146 valence electrons. The van der Waals surface area contributed by atoms with Gasteiger partial charge in [0.15, 0.2) is 5.65 Å². The normalized spacial score (nSPS) is 11.0. The van der Waals surface area contributed by atoms with Gasteiger partial charge in [-0.05, 0) is 24.3 Å². The lowest BCUT2D eigenvalue weighted by Gasteiger charge is -2.12. The Morgan fingerprint density at radius 2 is 1.79 bits per heavy atom. The molecule has 0 bridgehead atoms. The zero-order chi connectivity index (χ0) is 20.2. The van der Waals surface area contributed by atoms with Gasteiger partial charge in [-0.25, -0.2) is 9.97 Å². The second kappa shape index (κ2) is 8.38. The highest BCUT2D eigenvalue weighted by molar-refractivity contribution is 6.30. The van der Waals surface area contributed by atoms with Crippen LogP contribution in [0.4, 0.5) is 0 Å². The number of ether oxygens (including phenoxy) is 2. The van der Waals surface area contributed by atoms with E-state index in [4.69, 9.17) is 21.1 Å². The molecule has 4 rings (SSSR count). The van der Waals surface area contributed by atoms with Crippen LogP contribution in [0.15, 0.2) is 65.6 Å². The zero-order valence-electron chi connectivity index (χ0n) is 15.6. The lowest BCUT2D eigenvalue weighted by Crippen LogP contribution is -2.26. The summed E-state index contributed by atoms with van der Waals surface area (Å²) in [6, 6.07) is 16.3. The number of hydrogen-bond donors (Lipinski definition) is 0. The standard InChI is InChI=1S/C21H17ClN4O3/c1-28-12-11-26-19-17(13-23-21(25-19)29-16-5-3-2-4-6-16)24-18(20(26)27)14-7-9-15(22)10-8-14/h2-10,13H,11-12H2,1H3. The highest BCUT2D eigenvalue weighted by Crippen LogP contribution is 2.22. The zero-order valence-corrected chi connectivity index (χ0v) is 16.3. The highest BCUT2D eigenvalue weighted by Gasteiger charge is 2.15. The third-order valence-electron chi connectivity index (χ3n) is 4.25. The van der Waals surface area contributed by atoms with Crippen molar-refractivity contribution in [3.8, 4) is 23.0 Å². The molecule has 0 fully saturated rings. The number of benzene rings is 2. The summed E-state index contributed by atoms with van der Waals surface area (Å²) in [5.41, 5.74) is 1.54. The van der Waals surface area contributed by atoms with E-state index in [9.17, 15) is 4.79 Å². The lowest BCUT2D eigenvalue weighted by atomic mass is 10.1. The molecule has 8 heteroatoms. The van der Waals surface area contributed by atoms with E-state index in [-0.39, 0.29) is 11.6 Å². The number of nitrogens with zero attached hydrogens (tertiary/aromatic N) is 4. The summed E-state index contributed by atoms with van der Waals surface area (Å²) < 4.78 is 12.4. The van der Waals surface area contributed by atoms with Crippen LogP contribution in [0.1, 0.15) is 0 Å². The number of methoxy groups -OCH3 is 1. The minimum atomic E-state index is -0.277. The molecule has 0 aliphatic carbocycles. The van der Waals surface area contributed by atoms with Crippen LogP contribution < -0.4 is 10.3 Å². The maximum Gasteiger partial charge on any atom is 0.324 e. The molecule has 29 heavy (non-hydrogen) atoms. The van der Waals surface area contributed by atoms with Crippen LogP contribution in [0.3, 0.4) is 0 Å². The molecule has 0 saturated carbocycles. The Kier molecular flexibility index (Phi) is 5.50. The fraction of sp³-hybridized carbons (Fsp3) is 0.143. The van der Waals surface area contributed by atoms with Gasteiger partial charge in [-0.15, -0.1) is 0 Å². The van der Waals surface area contributed by atoms with Crippen molar-refractivity contribution in [2.75, 3.05) is 13.7 Å². The van der Waals surface area contributed by atoms with E-state index in [0.717, 1.165) is 0 Å². The van der Waals surface area contributed by atoms with Gasteiger partial charge in [-0.2, -0.15) is 4.98 Å². The van der Waals surface area contributed by atoms with Crippen molar-refractivity contribution in [3.05, 3.63) is 76.2 Å². The van der Waals surface area contributed by atoms with E-state index in [1.165, 1.54) is 4.57 Å². The first-order chi connectivity index (χ1) is 14.2. The molecule has 4 aromatic rings. The van der Waals surface area contributed by atoms with Crippen LogP contribution in [0.25, 0.3) is 22.4 Å². The fourth-order valence-electron chi connectivity index (χ4n) is 2.85. The van der Waals surface area contributed by atoms with Crippen molar-refractivity contribution in [2.24, 2.45) is 0 Å². The Balaban J connectivity index is 1.84. The molecule has 0 aliphatic heterocycles. The van der Waals surface area contributed by atoms with Crippen LogP contribution in [0.5, 0.6) is 11.8 Å². The molecule has 0 spiro atoms. The SMILES string of the molecule is COCCn1c(=O)c(-c2ccc(Cl)cc2)nc2cnc(Oc3ccccc3)nc21. The van der Waals surface area contributed by atoms with E-state index in [2.05, 4.69) is 15.0 Å².